The average Bonchev–Trinajstić information content (AvgIpc) is 3.45. The van der Waals surface area contributed by atoms with Gasteiger partial charge in [0.25, 0.3) is 0 Å². The summed E-state index contributed by atoms with van der Waals surface area (Å²) in [6, 6.07) is 6.22. The maximum Gasteiger partial charge on any atom is 0.340 e. The number of hydrogen-bond donors (Lipinski definition) is 1. The van der Waals surface area contributed by atoms with E-state index in [2.05, 4.69) is 72.9 Å². The lowest BCUT2D eigenvalue weighted by atomic mass is 9.92. The number of nitrogens with one attached hydrogen (secondary N) is 1. The molecule has 3 aromatic rings. The first-order chi connectivity index (χ1) is 15.6. The van der Waals surface area contributed by atoms with E-state index in [1.807, 2.05) is 29.3 Å². The number of hydrogen-bond acceptors (Lipinski definition) is 6. The number of aromatic nitrogens is 4. The number of allylic oxidation sites excluding steroid dienone is 1. The van der Waals surface area contributed by atoms with E-state index in [0.29, 0.717) is 12.5 Å². The molecule has 1 aliphatic heterocycles. The zero-order valence-electron chi connectivity index (χ0n) is 20.5. The molecule has 3 aromatic heterocycles. The molecule has 0 amide bonds. The topological polar surface area (TPSA) is 62.1 Å². The summed E-state index contributed by atoms with van der Waals surface area (Å²) < 4.78 is 11.7. The summed E-state index contributed by atoms with van der Waals surface area (Å²) in [5.74, 6) is 1.58. The first-order valence-corrected chi connectivity index (χ1v) is 11.9. The van der Waals surface area contributed by atoms with Crippen LogP contribution in [0.3, 0.4) is 0 Å². The molecule has 1 aliphatic rings. The van der Waals surface area contributed by atoms with Gasteiger partial charge >= 0.3 is 5.13 Å². The normalized spacial score (nSPS) is 14.1. The van der Waals surface area contributed by atoms with Crippen LogP contribution >= 0.6 is 11.3 Å². The Kier molecular flexibility index (Phi) is 6.00. The van der Waals surface area contributed by atoms with Gasteiger partial charge in [0.1, 0.15) is 18.1 Å². The van der Waals surface area contributed by atoms with Crippen LogP contribution in [0.25, 0.3) is 11.4 Å². The second-order valence-electron chi connectivity index (χ2n) is 9.24. The van der Waals surface area contributed by atoms with Gasteiger partial charge in [0, 0.05) is 30.3 Å². The summed E-state index contributed by atoms with van der Waals surface area (Å²) in [4.78, 5) is 6.91. The van der Waals surface area contributed by atoms with E-state index >= 15 is 0 Å². The molecule has 0 saturated carbocycles. The van der Waals surface area contributed by atoms with Gasteiger partial charge in [-0.1, -0.05) is 32.1 Å². The highest BCUT2D eigenvalue weighted by atomic mass is 32.1. The van der Waals surface area contributed by atoms with Crippen LogP contribution in [0.5, 0.6) is 5.88 Å². The molecule has 0 fully saturated rings. The van der Waals surface area contributed by atoms with Crippen LogP contribution in [0, 0.1) is 0 Å². The third kappa shape index (κ3) is 4.37. The highest BCUT2D eigenvalue weighted by molar-refractivity contribution is 7.13. The summed E-state index contributed by atoms with van der Waals surface area (Å²) in [6.45, 7) is 16.2. The van der Waals surface area contributed by atoms with Gasteiger partial charge in [-0.3, -0.25) is 4.90 Å². The molecule has 33 heavy (non-hydrogen) atoms. The Bertz CT molecular complexity index is 1230. The minimum Gasteiger partial charge on any atom is -0.479 e. The summed E-state index contributed by atoms with van der Waals surface area (Å²) in [5, 5.41) is 11.5. The molecule has 0 saturated heterocycles. The predicted molar refractivity (Wildman–Crippen MR) is 134 cm³/mol. The zero-order chi connectivity index (χ0) is 23.9. The molecule has 0 bridgehead atoms. The largest absolute Gasteiger partial charge is 0.479 e. The van der Waals surface area contributed by atoms with Gasteiger partial charge in [0.2, 0.25) is 18.4 Å². The third-order valence-corrected chi connectivity index (χ3v) is 6.74. The Labute approximate surface area is 199 Å². The molecule has 0 aromatic carbocycles. The van der Waals surface area contributed by atoms with Crippen LogP contribution in [0.1, 0.15) is 40.3 Å². The molecule has 4 rings (SSSR count). The van der Waals surface area contributed by atoms with E-state index in [0.717, 1.165) is 46.0 Å². The molecule has 0 radical (unpaired) electrons. The highest BCUT2D eigenvalue weighted by Gasteiger charge is 2.27. The number of methoxy groups -OCH3 is 1. The molecule has 0 aliphatic carbocycles. The molecule has 9 heteroatoms. The standard InChI is InChI=1S/C24H32N7OS/c1-9-31-21(12-20(27-31)24(3,4)5)26-23-29(7)19(14-33-23)17-10-11-18(22(25-17)32-8)30-13-16(2)28(6)15-30/h10-14H,6,9,15H2,1-5,7-8H3/q+1/p+1. The van der Waals surface area contributed by atoms with Crippen LogP contribution in [0.4, 0.5) is 16.6 Å². The lowest BCUT2D eigenvalue weighted by Gasteiger charge is -2.15. The third-order valence-electron chi connectivity index (χ3n) is 5.80. The molecule has 174 valence electrons. The van der Waals surface area contributed by atoms with Gasteiger partial charge in [0.15, 0.2) is 11.4 Å². The van der Waals surface area contributed by atoms with Gasteiger partial charge in [-0.15, -0.1) is 0 Å². The Morgan fingerprint density at radius 3 is 2.67 bits per heavy atom. The highest BCUT2D eigenvalue weighted by Crippen LogP contribution is 2.33. The monoisotopic (exact) mass is 467 g/mol. The maximum atomic E-state index is 5.64. The summed E-state index contributed by atoms with van der Waals surface area (Å²) in [7, 11) is 3.70. The van der Waals surface area contributed by atoms with Gasteiger partial charge in [-0.25, -0.2) is 19.5 Å². The zero-order valence-corrected chi connectivity index (χ0v) is 21.3. The van der Waals surface area contributed by atoms with Crippen molar-refractivity contribution in [1.82, 2.24) is 14.8 Å². The second-order valence-corrected chi connectivity index (χ2v) is 10.1. The van der Waals surface area contributed by atoms with Crippen LogP contribution in [0.2, 0.25) is 0 Å². The smallest absolute Gasteiger partial charge is 0.340 e. The number of ether oxygens (including phenoxy) is 1. The van der Waals surface area contributed by atoms with Crippen molar-refractivity contribution in [3.05, 3.63) is 41.2 Å². The Balaban J connectivity index is 1.63. The minimum atomic E-state index is -0.00416. The average molecular weight is 468 g/mol. The quantitative estimate of drug-likeness (QED) is 0.549. The van der Waals surface area contributed by atoms with Crippen LogP contribution in [-0.4, -0.2) is 39.8 Å². The minimum absolute atomic E-state index is 0.00416. The van der Waals surface area contributed by atoms with Crippen LogP contribution in [0.15, 0.2) is 35.5 Å². The van der Waals surface area contributed by atoms with Gasteiger partial charge in [0.05, 0.1) is 26.1 Å². The fourth-order valence-corrected chi connectivity index (χ4v) is 4.61. The molecule has 0 unspecified atom stereocenters. The van der Waals surface area contributed by atoms with E-state index in [4.69, 9.17) is 14.8 Å². The van der Waals surface area contributed by atoms with Crippen LogP contribution < -0.4 is 19.5 Å². The number of rotatable bonds is 6. The number of nitrogens with zero attached hydrogens (tertiary/aromatic N) is 6. The Morgan fingerprint density at radius 1 is 1.30 bits per heavy atom. The lowest BCUT2D eigenvalue weighted by Crippen LogP contribution is -2.31. The van der Waals surface area contributed by atoms with Crippen LogP contribution in [-0.2, 0) is 19.0 Å². The first-order valence-electron chi connectivity index (χ1n) is 11.0. The molecule has 0 atom stereocenters. The fraction of sp³-hybridized carbons (Fsp3) is 0.417. The number of aryl methyl sites for hydroxylation is 1. The SMILES string of the molecule is C=[N+]1CN(c2ccc(-c3csc(Nc4cc(C(C)(C)C)nn4CC)[n+]3C)nc2OC)C=C1C. The van der Waals surface area contributed by atoms with Crippen molar-refractivity contribution >= 4 is 34.7 Å². The fourth-order valence-electron chi connectivity index (χ4n) is 3.69. The van der Waals surface area contributed by atoms with E-state index in [1.54, 1.807) is 18.4 Å². The maximum absolute atomic E-state index is 5.64. The molecule has 8 nitrogen and oxygen atoms in total. The predicted octanol–water partition coefficient (Wildman–Crippen LogP) is 4.25. The number of pyridine rings is 1. The van der Waals surface area contributed by atoms with Crippen molar-refractivity contribution < 1.29 is 13.9 Å². The van der Waals surface area contributed by atoms with E-state index in [9.17, 15) is 0 Å². The Hall–Kier alpha value is -3.20. The van der Waals surface area contributed by atoms with Gasteiger partial charge < -0.3 is 4.74 Å². The molecule has 1 N–H and O–H groups in total. The molecule has 4 heterocycles. The van der Waals surface area contributed by atoms with Crippen molar-refractivity contribution in [2.75, 3.05) is 24.0 Å². The van der Waals surface area contributed by atoms with E-state index < -0.39 is 0 Å². The molecular weight excluding hydrogens is 434 g/mol. The van der Waals surface area contributed by atoms with Gasteiger partial charge in [-0.05, 0) is 19.1 Å². The van der Waals surface area contributed by atoms with Gasteiger partial charge in [-0.2, -0.15) is 9.67 Å². The lowest BCUT2D eigenvalue weighted by molar-refractivity contribution is -0.641. The number of anilines is 3. The van der Waals surface area contributed by atoms with Crippen molar-refractivity contribution in [3.8, 4) is 17.3 Å². The summed E-state index contributed by atoms with van der Waals surface area (Å²) >= 11 is 1.64. The van der Waals surface area contributed by atoms with Crippen molar-refractivity contribution in [2.24, 2.45) is 7.05 Å². The number of thiazole rings is 1. The van der Waals surface area contributed by atoms with Crippen molar-refractivity contribution in [2.45, 2.75) is 46.6 Å². The molecule has 0 spiro atoms. The van der Waals surface area contributed by atoms with Crippen molar-refractivity contribution in [1.29, 1.82) is 0 Å². The second kappa shape index (κ2) is 8.62. The first kappa shape index (κ1) is 23.0. The summed E-state index contributed by atoms with van der Waals surface area (Å²) in [5.41, 5.74) is 4.95. The summed E-state index contributed by atoms with van der Waals surface area (Å²) in [6.07, 6.45) is 2.06. The Morgan fingerprint density at radius 2 is 2.06 bits per heavy atom. The molecular formula is C24H33N7OS+2. The van der Waals surface area contributed by atoms with E-state index in [-0.39, 0.29) is 5.41 Å². The van der Waals surface area contributed by atoms with E-state index in [1.165, 1.54) is 0 Å². The van der Waals surface area contributed by atoms with Crippen molar-refractivity contribution in [3.63, 3.8) is 0 Å².